The van der Waals surface area contributed by atoms with E-state index in [9.17, 15) is 0 Å². The van der Waals surface area contributed by atoms with Crippen LogP contribution < -0.4 is 0 Å². The summed E-state index contributed by atoms with van der Waals surface area (Å²) in [6, 6.07) is 68.5. The van der Waals surface area contributed by atoms with E-state index in [0.717, 1.165) is 17.1 Å². The molecule has 11 aromatic rings. The number of hydrogen-bond acceptors (Lipinski definition) is 0. The molecule has 3 nitrogen and oxygen atoms in total. The van der Waals surface area contributed by atoms with E-state index in [1.54, 1.807) is 0 Å². The molecule has 0 amide bonds. The second-order valence-corrected chi connectivity index (χ2v) is 13.4. The summed E-state index contributed by atoms with van der Waals surface area (Å²) in [5.74, 6) is 0. The zero-order valence-electron chi connectivity index (χ0n) is 27.7. The van der Waals surface area contributed by atoms with Crippen molar-refractivity contribution in [3.8, 4) is 28.2 Å². The van der Waals surface area contributed by atoms with Crippen molar-refractivity contribution in [3.63, 3.8) is 0 Å². The Morgan fingerprint density at radius 2 is 0.529 bits per heavy atom. The number of nitrogens with zero attached hydrogens (tertiary/aromatic N) is 3. The van der Waals surface area contributed by atoms with Gasteiger partial charge in [0.15, 0.2) is 0 Å². The van der Waals surface area contributed by atoms with Crippen LogP contribution in [0, 0.1) is 0 Å². The number of benzene rings is 8. The van der Waals surface area contributed by atoms with Crippen LogP contribution in [0.4, 0.5) is 0 Å². The average Bonchev–Trinajstić information content (AvgIpc) is 3.83. The summed E-state index contributed by atoms with van der Waals surface area (Å²) in [5.41, 5.74) is 13.1. The maximum atomic E-state index is 2.42. The van der Waals surface area contributed by atoms with Crippen molar-refractivity contribution < 1.29 is 0 Å². The van der Waals surface area contributed by atoms with Crippen LogP contribution in [0.25, 0.3) is 93.6 Å². The van der Waals surface area contributed by atoms with Crippen molar-refractivity contribution in [3.05, 3.63) is 188 Å². The van der Waals surface area contributed by atoms with Crippen LogP contribution in [-0.2, 0) is 0 Å². The van der Waals surface area contributed by atoms with Crippen LogP contribution in [0.15, 0.2) is 188 Å². The Hall–Kier alpha value is -6.84. The van der Waals surface area contributed by atoms with E-state index < -0.39 is 0 Å². The molecule has 51 heavy (non-hydrogen) atoms. The fraction of sp³-hybridized carbons (Fsp3) is 0. The second-order valence-electron chi connectivity index (χ2n) is 13.4. The summed E-state index contributed by atoms with van der Waals surface area (Å²) in [5, 5.41) is 7.51. The molecule has 0 spiro atoms. The molecule has 0 atom stereocenters. The van der Waals surface area contributed by atoms with Crippen LogP contribution in [0.3, 0.4) is 0 Å². The summed E-state index contributed by atoms with van der Waals surface area (Å²) in [4.78, 5) is 0. The molecule has 0 fully saturated rings. The molecule has 3 heteroatoms. The minimum atomic E-state index is 1.14. The van der Waals surface area contributed by atoms with Crippen LogP contribution in [-0.4, -0.2) is 13.7 Å². The predicted octanol–water partition coefficient (Wildman–Crippen LogP) is 12.6. The highest BCUT2D eigenvalue weighted by Crippen LogP contribution is 2.39. The summed E-state index contributed by atoms with van der Waals surface area (Å²) < 4.78 is 7.25. The van der Waals surface area contributed by atoms with Gasteiger partial charge in [-0.05, 0) is 83.9 Å². The molecule has 3 heterocycles. The van der Waals surface area contributed by atoms with Crippen LogP contribution >= 0.6 is 0 Å². The van der Waals surface area contributed by atoms with Gasteiger partial charge in [0, 0.05) is 49.4 Å². The Morgan fingerprint density at radius 1 is 0.216 bits per heavy atom. The minimum absolute atomic E-state index is 1.14. The monoisotopic (exact) mass is 649 g/mol. The molecular formula is C48H31N3. The van der Waals surface area contributed by atoms with Gasteiger partial charge in [-0.1, -0.05) is 115 Å². The molecule has 238 valence electrons. The van der Waals surface area contributed by atoms with Gasteiger partial charge in [0.2, 0.25) is 0 Å². The highest BCUT2D eigenvalue weighted by atomic mass is 15.0. The molecule has 0 bridgehead atoms. The lowest BCUT2D eigenvalue weighted by atomic mass is 10.1. The molecule has 0 aliphatic carbocycles. The molecule has 0 saturated carbocycles. The van der Waals surface area contributed by atoms with Gasteiger partial charge >= 0.3 is 0 Å². The van der Waals surface area contributed by atoms with Gasteiger partial charge in [-0.3, -0.25) is 0 Å². The van der Waals surface area contributed by atoms with E-state index in [4.69, 9.17) is 0 Å². The van der Waals surface area contributed by atoms with Crippen molar-refractivity contribution in [1.82, 2.24) is 13.7 Å². The van der Waals surface area contributed by atoms with Crippen molar-refractivity contribution in [2.45, 2.75) is 0 Å². The normalized spacial score (nSPS) is 11.9. The number of rotatable bonds is 4. The van der Waals surface area contributed by atoms with Gasteiger partial charge in [-0.25, -0.2) is 0 Å². The number of fused-ring (bicyclic) bond motifs is 9. The molecule has 0 aliphatic heterocycles. The van der Waals surface area contributed by atoms with Gasteiger partial charge in [-0.2, -0.15) is 0 Å². The van der Waals surface area contributed by atoms with Crippen LogP contribution in [0.5, 0.6) is 0 Å². The number of hydrogen-bond donors (Lipinski definition) is 0. The Morgan fingerprint density at radius 3 is 0.961 bits per heavy atom. The molecule has 0 radical (unpaired) electrons. The van der Waals surface area contributed by atoms with Crippen molar-refractivity contribution in [1.29, 1.82) is 0 Å². The topological polar surface area (TPSA) is 14.8 Å². The van der Waals surface area contributed by atoms with E-state index in [-0.39, 0.29) is 0 Å². The SMILES string of the molecule is c1ccc(-c2ccc(-n3c4ccc(-n5c6ccccc6c6ccccc65)cc4c4cc(-n5c6ccccc6c6ccccc65)ccc43)cc2)cc1. The lowest BCUT2D eigenvalue weighted by Crippen LogP contribution is -1.96. The molecule has 8 aromatic carbocycles. The summed E-state index contributed by atoms with van der Waals surface area (Å²) in [6.07, 6.45) is 0. The number of aromatic nitrogens is 3. The lowest BCUT2D eigenvalue weighted by Gasteiger charge is -2.11. The van der Waals surface area contributed by atoms with Crippen LogP contribution in [0.1, 0.15) is 0 Å². The van der Waals surface area contributed by atoms with Gasteiger partial charge < -0.3 is 13.7 Å². The summed E-state index contributed by atoms with van der Waals surface area (Å²) >= 11 is 0. The maximum Gasteiger partial charge on any atom is 0.0542 e. The first-order chi connectivity index (χ1) is 25.3. The van der Waals surface area contributed by atoms with E-state index in [2.05, 4.69) is 202 Å². The van der Waals surface area contributed by atoms with Crippen molar-refractivity contribution in [2.24, 2.45) is 0 Å². The third-order valence-corrected chi connectivity index (χ3v) is 10.6. The van der Waals surface area contributed by atoms with Gasteiger partial charge in [0.05, 0.1) is 33.1 Å². The molecule has 0 N–H and O–H groups in total. The van der Waals surface area contributed by atoms with E-state index in [1.165, 1.54) is 76.5 Å². The molecule has 11 rings (SSSR count). The van der Waals surface area contributed by atoms with Crippen molar-refractivity contribution >= 4 is 65.4 Å². The maximum absolute atomic E-state index is 2.42. The first kappa shape index (κ1) is 28.0. The minimum Gasteiger partial charge on any atom is -0.309 e. The van der Waals surface area contributed by atoms with E-state index in [1.807, 2.05) is 0 Å². The van der Waals surface area contributed by atoms with Crippen LogP contribution in [0.2, 0.25) is 0 Å². The predicted molar refractivity (Wildman–Crippen MR) is 215 cm³/mol. The zero-order valence-corrected chi connectivity index (χ0v) is 27.7. The van der Waals surface area contributed by atoms with Gasteiger partial charge in [0.25, 0.3) is 0 Å². The third kappa shape index (κ3) is 4.12. The molecular weight excluding hydrogens is 619 g/mol. The Bertz CT molecular complexity index is 2840. The smallest absolute Gasteiger partial charge is 0.0542 e. The largest absolute Gasteiger partial charge is 0.309 e. The van der Waals surface area contributed by atoms with Gasteiger partial charge in [-0.15, -0.1) is 0 Å². The van der Waals surface area contributed by atoms with E-state index >= 15 is 0 Å². The first-order valence-corrected chi connectivity index (χ1v) is 17.5. The summed E-state index contributed by atoms with van der Waals surface area (Å²) in [6.45, 7) is 0. The molecule has 0 unspecified atom stereocenters. The third-order valence-electron chi connectivity index (χ3n) is 10.6. The molecule has 3 aromatic heterocycles. The first-order valence-electron chi connectivity index (χ1n) is 17.5. The highest BCUT2D eigenvalue weighted by Gasteiger charge is 2.18. The average molecular weight is 650 g/mol. The number of para-hydroxylation sites is 4. The van der Waals surface area contributed by atoms with Gasteiger partial charge in [0.1, 0.15) is 0 Å². The molecule has 0 saturated heterocycles. The zero-order chi connectivity index (χ0) is 33.5. The highest BCUT2D eigenvalue weighted by molar-refractivity contribution is 6.14. The summed E-state index contributed by atoms with van der Waals surface area (Å²) in [7, 11) is 0. The van der Waals surface area contributed by atoms with E-state index in [0.29, 0.717) is 0 Å². The van der Waals surface area contributed by atoms with Crippen molar-refractivity contribution in [2.75, 3.05) is 0 Å². The Kier molecular flexibility index (Phi) is 5.96. The Labute approximate surface area is 294 Å². The lowest BCUT2D eigenvalue weighted by molar-refractivity contribution is 1.16. The fourth-order valence-corrected chi connectivity index (χ4v) is 8.39. The fourth-order valence-electron chi connectivity index (χ4n) is 8.39. The second kappa shape index (κ2) is 10.8. The standard InChI is InChI=1S/C48H31N3/c1-2-12-32(13-3-1)33-22-24-34(25-23-33)49-47-28-26-35(50-43-18-8-4-14-37(43)38-15-5-9-19-44(38)50)30-41(47)42-31-36(27-29-48(42)49)51-45-20-10-6-16-39(45)40-17-7-11-21-46(40)51/h1-31H. The Balaban J connectivity index is 1.20. The quantitative estimate of drug-likeness (QED) is 0.180. The molecule has 0 aliphatic rings.